The Hall–Kier alpha value is -3.99. The Bertz CT molecular complexity index is 1220. The molecule has 3 rings (SSSR count). The lowest BCUT2D eigenvalue weighted by Gasteiger charge is -2.24. The number of benzene rings is 3. The number of carbonyl (C=O) groups is 1. The molecule has 0 aliphatic heterocycles. The summed E-state index contributed by atoms with van der Waals surface area (Å²) in [7, 11) is -4.19. The van der Waals surface area contributed by atoms with Gasteiger partial charge in [0, 0.05) is 12.1 Å². The van der Waals surface area contributed by atoms with Crippen LogP contribution < -0.4 is 14.4 Å². The fourth-order valence-electron chi connectivity index (χ4n) is 2.87. The van der Waals surface area contributed by atoms with Crippen LogP contribution in [0.15, 0.2) is 83.8 Å². The molecule has 0 bridgehead atoms. The number of nitro benzene ring substituents is 1. The van der Waals surface area contributed by atoms with Crippen molar-refractivity contribution in [2.24, 2.45) is 0 Å². The summed E-state index contributed by atoms with van der Waals surface area (Å²) < 4.78 is 45.6. The van der Waals surface area contributed by atoms with E-state index in [-0.39, 0.29) is 29.4 Å². The van der Waals surface area contributed by atoms with E-state index in [0.717, 1.165) is 10.4 Å². The maximum Gasteiger partial charge on any atom is 0.271 e. The number of hydrogen-bond donors (Lipinski definition) is 1. The highest BCUT2D eigenvalue weighted by atomic mass is 32.2. The highest BCUT2D eigenvalue weighted by Gasteiger charge is 2.28. The van der Waals surface area contributed by atoms with E-state index in [1.54, 1.807) is 6.07 Å². The van der Waals surface area contributed by atoms with Crippen LogP contribution >= 0.6 is 0 Å². The summed E-state index contributed by atoms with van der Waals surface area (Å²) >= 11 is 0. The molecule has 0 saturated carbocycles. The number of amides is 1. The maximum atomic E-state index is 13.2. The largest absolute Gasteiger partial charge is 0.492 e. The second-order valence-electron chi connectivity index (χ2n) is 6.75. The van der Waals surface area contributed by atoms with Crippen molar-refractivity contribution < 1.29 is 27.3 Å². The SMILES string of the molecule is O=C(CN(c1cccc([N+](=O)[O-])c1)S(=O)(=O)c1ccccc1)NCCOc1ccc(F)cc1. The van der Waals surface area contributed by atoms with Crippen molar-refractivity contribution in [3.05, 3.63) is 94.8 Å². The molecular formula is C22H20FN3O6S. The van der Waals surface area contributed by atoms with Crippen LogP contribution in [-0.2, 0) is 14.8 Å². The predicted molar refractivity (Wildman–Crippen MR) is 119 cm³/mol. The number of nitrogens with one attached hydrogen (secondary N) is 1. The number of ether oxygens (including phenoxy) is 1. The number of halogens is 1. The Balaban J connectivity index is 1.74. The molecular weight excluding hydrogens is 453 g/mol. The Morgan fingerprint density at radius 1 is 1.03 bits per heavy atom. The number of nitrogens with zero attached hydrogens (tertiary/aromatic N) is 2. The van der Waals surface area contributed by atoms with E-state index in [4.69, 9.17) is 4.74 Å². The van der Waals surface area contributed by atoms with Gasteiger partial charge in [-0.05, 0) is 42.5 Å². The van der Waals surface area contributed by atoms with Crippen molar-refractivity contribution in [1.82, 2.24) is 5.32 Å². The van der Waals surface area contributed by atoms with Gasteiger partial charge >= 0.3 is 0 Å². The van der Waals surface area contributed by atoms with E-state index in [2.05, 4.69) is 5.32 Å². The second kappa shape index (κ2) is 10.6. The van der Waals surface area contributed by atoms with Crippen molar-refractivity contribution in [3.8, 4) is 5.75 Å². The van der Waals surface area contributed by atoms with Gasteiger partial charge in [0.1, 0.15) is 24.7 Å². The van der Waals surface area contributed by atoms with Crippen LogP contribution in [0, 0.1) is 15.9 Å². The minimum atomic E-state index is -4.19. The minimum absolute atomic E-state index is 0.0224. The quantitative estimate of drug-likeness (QED) is 0.275. The zero-order valence-electron chi connectivity index (χ0n) is 17.3. The lowest BCUT2D eigenvalue weighted by atomic mass is 10.3. The predicted octanol–water partition coefficient (Wildman–Crippen LogP) is 3.12. The zero-order valence-corrected chi connectivity index (χ0v) is 18.1. The summed E-state index contributed by atoms with van der Waals surface area (Å²) in [5.41, 5.74) is -0.334. The van der Waals surface area contributed by atoms with Crippen molar-refractivity contribution in [2.75, 3.05) is 24.0 Å². The molecule has 3 aromatic carbocycles. The van der Waals surface area contributed by atoms with Crippen molar-refractivity contribution in [2.45, 2.75) is 4.90 Å². The number of non-ortho nitro benzene ring substituents is 1. The van der Waals surface area contributed by atoms with Gasteiger partial charge in [0.2, 0.25) is 5.91 Å². The standard InChI is InChI=1S/C22H20FN3O6S/c23-17-9-11-20(12-10-17)32-14-13-24-22(27)16-25(18-5-4-6-19(15-18)26(28)29)33(30,31)21-7-2-1-3-8-21/h1-12,15H,13-14,16H2,(H,24,27). The molecule has 1 amide bonds. The molecule has 0 saturated heterocycles. The number of nitro groups is 1. The number of carbonyl (C=O) groups excluding carboxylic acids is 1. The first kappa shape index (κ1) is 23.7. The average molecular weight is 473 g/mol. The fourth-order valence-corrected chi connectivity index (χ4v) is 4.31. The molecule has 11 heteroatoms. The van der Waals surface area contributed by atoms with Gasteiger partial charge in [-0.1, -0.05) is 24.3 Å². The number of hydrogen-bond acceptors (Lipinski definition) is 6. The average Bonchev–Trinajstić information content (AvgIpc) is 2.82. The van der Waals surface area contributed by atoms with E-state index in [9.17, 15) is 27.7 Å². The Labute approximate surface area is 189 Å². The molecule has 0 heterocycles. The Morgan fingerprint density at radius 3 is 2.39 bits per heavy atom. The van der Waals surface area contributed by atoms with Crippen LogP contribution in [0.2, 0.25) is 0 Å². The molecule has 1 N–H and O–H groups in total. The fraction of sp³-hybridized carbons (Fsp3) is 0.136. The second-order valence-corrected chi connectivity index (χ2v) is 8.62. The first-order valence-corrected chi connectivity index (χ1v) is 11.2. The van der Waals surface area contributed by atoms with E-state index in [1.807, 2.05) is 0 Å². The third-order valence-electron chi connectivity index (χ3n) is 4.45. The third-order valence-corrected chi connectivity index (χ3v) is 6.24. The van der Waals surface area contributed by atoms with Crippen molar-refractivity contribution >= 4 is 27.3 Å². The summed E-state index contributed by atoms with van der Waals surface area (Å²) in [5.74, 6) is -0.629. The first-order chi connectivity index (χ1) is 15.8. The Kier molecular flexibility index (Phi) is 7.57. The molecule has 0 aliphatic rings. The van der Waals surface area contributed by atoms with Gasteiger partial charge in [-0.2, -0.15) is 0 Å². The van der Waals surface area contributed by atoms with Crippen LogP contribution in [0.25, 0.3) is 0 Å². The summed E-state index contributed by atoms with van der Waals surface area (Å²) in [6.07, 6.45) is 0. The molecule has 0 aromatic heterocycles. The van der Waals surface area contributed by atoms with Gasteiger partial charge in [-0.25, -0.2) is 12.8 Å². The van der Waals surface area contributed by atoms with Crippen molar-refractivity contribution in [1.29, 1.82) is 0 Å². The Morgan fingerprint density at radius 2 is 1.73 bits per heavy atom. The molecule has 9 nitrogen and oxygen atoms in total. The smallest absolute Gasteiger partial charge is 0.271 e. The lowest BCUT2D eigenvalue weighted by molar-refractivity contribution is -0.384. The lowest BCUT2D eigenvalue weighted by Crippen LogP contribution is -2.41. The van der Waals surface area contributed by atoms with Crippen LogP contribution in [0.3, 0.4) is 0 Å². The summed E-state index contributed by atoms with van der Waals surface area (Å²) in [5, 5.41) is 13.7. The molecule has 3 aromatic rings. The van der Waals surface area contributed by atoms with Gasteiger partial charge in [0.05, 0.1) is 22.1 Å². The first-order valence-electron chi connectivity index (χ1n) is 9.75. The number of sulfonamides is 1. The summed E-state index contributed by atoms with van der Waals surface area (Å²) in [6.45, 7) is -0.473. The molecule has 0 radical (unpaired) electrons. The van der Waals surface area contributed by atoms with Crippen molar-refractivity contribution in [3.63, 3.8) is 0 Å². The van der Waals surface area contributed by atoms with Crippen LogP contribution in [0.5, 0.6) is 5.75 Å². The van der Waals surface area contributed by atoms with E-state index in [1.165, 1.54) is 66.7 Å². The maximum absolute atomic E-state index is 13.2. The van der Waals surface area contributed by atoms with Gasteiger partial charge in [0.15, 0.2) is 0 Å². The zero-order chi connectivity index (χ0) is 23.8. The molecule has 33 heavy (non-hydrogen) atoms. The molecule has 0 aliphatic carbocycles. The highest BCUT2D eigenvalue weighted by Crippen LogP contribution is 2.26. The molecule has 0 atom stereocenters. The number of rotatable bonds is 10. The molecule has 172 valence electrons. The van der Waals surface area contributed by atoms with Crippen LogP contribution in [0.4, 0.5) is 15.8 Å². The molecule has 0 fully saturated rings. The number of anilines is 1. The summed E-state index contributed by atoms with van der Waals surface area (Å²) in [4.78, 5) is 23.0. The normalized spacial score (nSPS) is 10.9. The summed E-state index contributed by atoms with van der Waals surface area (Å²) in [6, 6.07) is 17.8. The van der Waals surface area contributed by atoms with Gasteiger partial charge in [-0.15, -0.1) is 0 Å². The van der Waals surface area contributed by atoms with E-state index < -0.39 is 33.2 Å². The highest BCUT2D eigenvalue weighted by molar-refractivity contribution is 7.92. The molecule has 0 unspecified atom stereocenters. The van der Waals surface area contributed by atoms with E-state index in [0.29, 0.717) is 5.75 Å². The van der Waals surface area contributed by atoms with Crippen LogP contribution in [-0.4, -0.2) is 38.9 Å². The monoisotopic (exact) mass is 473 g/mol. The minimum Gasteiger partial charge on any atom is -0.492 e. The van der Waals surface area contributed by atoms with Crippen LogP contribution in [0.1, 0.15) is 0 Å². The van der Waals surface area contributed by atoms with Gasteiger partial charge in [0.25, 0.3) is 15.7 Å². The van der Waals surface area contributed by atoms with Gasteiger partial charge in [-0.3, -0.25) is 19.2 Å². The molecule has 0 spiro atoms. The topological polar surface area (TPSA) is 119 Å². The van der Waals surface area contributed by atoms with Gasteiger partial charge < -0.3 is 10.1 Å². The third kappa shape index (κ3) is 6.26. The van der Waals surface area contributed by atoms with E-state index >= 15 is 0 Å².